The zero-order valence-electron chi connectivity index (χ0n) is 21.1. The number of hydrogen-bond acceptors (Lipinski definition) is 5. The molecule has 0 bridgehead atoms. The minimum Gasteiger partial charge on any atom is -0.388 e. The average molecular weight is 535 g/mol. The summed E-state index contributed by atoms with van der Waals surface area (Å²) >= 11 is 0. The summed E-state index contributed by atoms with van der Waals surface area (Å²) in [6.45, 7) is 2.90. The second-order valence-electron chi connectivity index (χ2n) is 10.2. The molecular formula is C27H30F4N4O3. The Balaban J connectivity index is 1.67. The van der Waals surface area contributed by atoms with Gasteiger partial charge >= 0.3 is 6.18 Å². The van der Waals surface area contributed by atoms with Crippen molar-refractivity contribution in [1.82, 2.24) is 9.80 Å². The molecule has 2 aliphatic rings. The summed E-state index contributed by atoms with van der Waals surface area (Å²) in [6, 6.07) is 12.0. The minimum absolute atomic E-state index is 0.0710. The molecule has 2 aromatic rings. The Morgan fingerprint density at radius 3 is 2.45 bits per heavy atom. The normalized spacial score (nSPS) is 23.9. The van der Waals surface area contributed by atoms with Crippen LogP contribution < -0.4 is 5.73 Å². The second-order valence-corrected chi connectivity index (χ2v) is 10.2. The number of aliphatic hydroxyl groups is 1. The van der Waals surface area contributed by atoms with Crippen molar-refractivity contribution in [2.75, 3.05) is 13.1 Å². The number of amides is 2. The Morgan fingerprint density at radius 2 is 1.87 bits per heavy atom. The largest absolute Gasteiger partial charge is 0.417 e. The van der Waals surface area contributed by atoms with Gasteiger partial charge in [-0.25, -0.2) is 9.38 Å². The van der Waals surface area contributed by atoms with Crippen LogP contribution in [-0.4, -0.2) is 58.0 Å². The summed E-state index contributed by atoms with van der Waals surface area (Å²) in [5.74, 6) is -1.25. The summed E-state index contributed by atoms with van der Waals surface area (Å²) in [4.78, 5) is 33.4. The van der Waals surface area contributed by atoms with Crippen LogP contribution in [0.4, 0.5) is 17.6 Å². The highest BCUT2D eigenvalue weighted by molar-refractivity contribution is 6.07. The molecule has 2 aromatic carbocycles. The Labute approximate surface area is 217 Å². The second kappa shape index (κ2) is 10.4. The third-order valence-corrected chi connectivity index (χ3v) is 6.98. The number of carbonyl (C=O) groups excluding carboxylic acids is 2. The number of guanidine groups is 1. The lowest BCUT2D eigenvalue weighted by molar-refractivity contribution is -0.138. The van der Waals surface area contributed by atoms with E-state index in [2.05, 4.69) is 4.99 Å². The molecule has 1 saturated heterocycles. The molecule has 204 valence electrons. The lowest BCUT2D eigenvalue weighted by Gasteiger charge is -2.27. The first-order valence-electron chi connectivity index (χ1n) is 12.4. The van der Waals surface area contributed by atoms with Gasteiger partial charge in [-0.15, -0.1) is 0 Å². The number of nitrogens with two attached hydrogens (primary N) is 1. The van der Waals surface area contributed by atoms with Gasteiger partial charge in [-0.1, -0.05) is 50.2 Å². The number of β-amino-alcohol motifs (C(OH)–C–C–N with tert-alkyl or cyclic N) is 1. The maximum absolute atomic E-state index is 13.8. The summed E-state index contributed by atoms with van der Waals surface area (Å²) in [5, 5.41) is 9.65. The molecule has 0 aliphatic carbocycles. The minimum atomic E-state index is -4.85. The third-order valence-electron chi connectivity index (χ3n) is 6.98. The molecule has 4 rings (SSSR count). The van der Waals surface area contributed by atoms with E-state index in [4.69, 9.17) is 5.73 Å². The highest BCUT2D eigenvalue weighted by Crippen LogP contribution is 2.39. The monoisotopic (exact) mass is 534 g/mol. The van der Waals surface area contributed by atoms with Crippen LogP contribution in [-0.2, 0) is 23.1 Å². The number of benzene rings is 2. The number of halogens is 4. The van der Waals surface area contributed by atoms with Crippen LogP contribution in [0, 0.1) is 5.92 Å². The van der Waals surface area contributed by atoms with E-state index in [9.17, 15) is 32.3 Å². The van der Waals surface area contributed by atoms with Crippen molar-refractivity contribution >= 4 is 17.8 Å². The van der Waals surface area contributed by atoms with Crippen molar-refractivity contribution in [2.24, 2.45) is 16.6 Å². The zero-order valence-corrected chi connectivity index (χ0v) is 21.1. The van der Waals surface area contributed by atoms with Crippen molar-refractivity contribution in [2.45, 2.75) is 57.2 Å². The highest BCUT2D eigenvalue weighted by Gasteiger charge is 2.49. The van der Waals surface area contributed by atoms with Crippen molar-refractivity contribution in [3.8, 4) is 0 Å². The van der Waals surface area contributed by atoms with E-state index in [-0.39, 0.29) is 24.0 Å². The molecule has 2 unspecified atom stereocenters. The Kier molecular flexibility index (Phi) is 7.51. The van der Waals surface area contributed by atoms with E-state index >= 15 is 0 Å². The number of likely N-dealkylation sites (tertiary alicyclic amines) is 1. The first kappa shape index (κ1) is 27.6. The molecule has 3 N–H and O–H groups in total. The number of aliphatic imine (C=N–C) groups is 1. The Morgan fingerprint density at radius 1 is 1.18 bits per heavy atom. The Bertz CT molecular complexity index is 1220. The molecule has 38 heavy (non-hydrogen) atoms. The number of alkyl halides is 4. The predicted molar refractivity (Wildman–Crippen MR) is 133 cm³/mol. The van der Waals surface area contributed by atoms with E-state index in [0.717, 1.165) is 17.0 Å². The van der Waals surface area contributed by atoms with Gasteiger partial charge in [-0.3, -0.25) is 14.5 Å². The van der Waals surface area contributed by atoms with Crippen LogP contribution in [0.2, 0.25) is 0 Å². The van der Waals surface area contributed by atoms with Gasteiger partial charge in [0, 0.05) is 6.54 Å². The van der Waals surface area contributed by atoms with Crippen molar-refractivity contribution in [1.29, 1.82) is 0 Å². The molecule has 0 spiro atoms. The first-order valence-corrected chi connectivity index (χ1v) is 12.4. The van der Waals surface area contributed by atoms with Crippen molar-refractivity contribution in [3.63, 3.8) is 0 Å². The number of rotatable bonds is 7. The lowest BCUT2D eigenvalue weighted by atomic mass is 9.83. The number of carbonyl (C=O) groups is 2. The van der Waals surface area contributed by atoms with Gasteiger partial charge in [-0.05, 0) is 42.0 Å². The SMILES string of the molecule is CC(C)CC[C@]1(c2ccccc2)N=C(N)N(Cc2ccc(C(F)(F)F)c(C(=O)N3CC(O)C(F)C3)c2)C1=O. The summed E-state index contributed by atoms with van der Waals surface area (Å²) in [5.41, 5.74) is 3.94. The van der Waals surface area contributed by atoms with E-state index in [1.807, 2.05) is 19.9 Å². The molecule has 0 radical (unpaired) electrons. The van der Waals surface area contributed by atoms with E-state index in [1.165, 1.54) is 11.0 Å². The molecular weight excluding hydrogens is 504 g/mol. The number of aliphatic hydroxyl groups excluding tert-OH is 1. The van der Waals surface area contributed by atoms with Crippen LogP contribution in [0.15, 0.2) is 53.5 Å². The van der Waals surface area contributed by atoms with Gasteiger partial charge < -0.3 is 15.7 Å². The van der Waals surface area contributed by atoms with Crippen molar-refractivity contribution in [3.05, 3.63) is 70.8 Å². The fourth-order valence-corrected chi connectivity index (χ4v) is 4.87. The quantitative estimate of drug-likeness (QED) is 0.528. The molecule has 7 nitrogen and oxygen atoms in total. The maximum atomic E-state index is 13.8. The van der Waals surface area contributed by atoms with Crippen LogP contribution in [0.5, 0.6) is 0 Å². The van der Waals surface area contributed by atoms with Gasteiger partial charge in [0.2, 0.25) is 0 Å². The molecule has 0 aromatic heterocycles. The topological polar surface area (TPSA) is 99.2 Å². The standard InChI is InChI=1S/C27H30F4N4O3/c1-16(2)10-11-26(18-6-4-3-5-7-18)24(38)35(25(32)33-26)13-17-8-9-20(27(29,30)31)19(12-17)23(37)34-14-21(28)22(36)15-34/h3-9,12,16,21-22,36H,10-11,13-15H2,1-2H3,(H2,32,33)/t21?,22?,26-/m1/s1. The number of hydrogen-bond donors (Lipinski definition) is 2. The van der Waals surface area contributed by atoms with Crippen LogP contribution in [0.1, 0.15) is 53.7 Å². The smallest absolute Gasteiger partial charge is 0.388 e. The summed E-state index contributed by atoms with van der Waals surface area (Å²) < 4.78 is 55.1. The van der Waals surface area contributed by atoms with Gasteiger partial charge in [0.15, 0.2) is 11.5 Å². The zero-order chi connectivity index (χ0) is 27.8. The van der Waals surface area contributed by atoms with E-state index in [1.54, 1.807) is 24.3 Å². The van der Waals surface area contributed by atoms with Crippen LogP contribution in [0.25, 0.3) is 0 Å². The van der Waals surface area contributed by atoms with Gasteiger partial charge in [0.25, 0.3) is 11.8 Å². The Hall–Kier alpha value is -3.47. The molecule has 3 atom stereocenters. The molecule has 2 aliphatic heterocycles. The fraction of sp³-hybridized carbons (Fsp3) is 0.444. The van der Waals surface area contributed by atoms with Crippen LogP contribution >= 0.6 is 0 Å². The predicted octanol–water partition coefficient (Wildman–Crippen LogP) is 3.85. The molecule has 2 amide bonds. The fourth-order valence-electron chi connectivity index (χ4n) is 4.87. The highest BCUT2D eigenvalue weighted by atomic mass is 19.4. The van der Waals surface area contributed by atoms with Gasteiger partial charge in [0.1, 0.15) is 12.3 Å². The molecule has 11 heteroatoms. The van der Waals surface area contributed by atoms with E-state index in [0.29, 0.717) is 18.4 Å². The molecule has 0 saturated carbocycles. The van der Waals surface area contributed by atoms with E-state index < -0.39 is 60.0 Å². The van der Waals surface area contributed by atoms with Gasteiger partial charge in [-0.2, -0.15) is 13.2 Å². The molecule has 2 heterocycles. The number of nitrogens with zero attached hydrogens (tertiary/aromatic N) is 3. The summed E-state index contributed by atoms with van der Waals surface area (Å²) in [7, 11) is 0. The van der Waals surface area contributed by atoms with Crippen LogP contribution in [0.3, 0.4) is 0 Å². The lowest BCUT2D eigenvalue weighted by Crippen LogP contribution is -2.42. The first-order chi connectivity index (χ1) is 17.8. The summed E-state index contributed by atoms with van der Waals surface area (Å²) in [6.07, 6.45) is -6.98. The van der Waals surface area contributed by atoms with Gasteiger partial charge in [0.05, 0.1) is 24.2 Å². The molecule has 1 fully saturated rings. The van der Waals surface area contributed by atoms with Crippen molar-refractivity contribution < 1.29 is 32.3 Å². The maximum Gasteiger partial charge on any atom is 0.417 e. The average Bonchev–Trinajstić information content (AvgIpc) is 3.33. The third kappa shape index (κ3) is 5.24.